The fraction of sp³-hybridized carbons (Fsp3) is 0.200. The molecule has 0 fully saturated rings. The van der Waals surface area contributed by atoms with E-state index in [1.807, 2.05) is 42.5 Å². The lowest BCUT2D eigenvalue weighted by molar-refractivity contribution is 0.262. The van der Waals surface area contributed by atoms with Crippen LogP contribution in [0.25, 0.3) is 16.5 Å². The zero-order valence-electron chi connectivity index (χ0n) is 18.6. The maximum absolute atomic E-state index is 12.8. The summed E-state index contributed by atoms with van der Waals surface area (Å²) < 4.78 is 1.73. The Kier molecular flexibility index (Phi) is 6.34. The number of carbonyl (C=O) groups excluding carboxylic acids is 1. The summed E-state index contributed by atoms with van der Waals surface area (Å²) in [5, 5.41) is 13.2. The Labute approximate surface area is 202 Å². The maximum atomic E-state index is 12.8. The summed E-state index contributed by atoms with van der Waals surface area (Å²) in [6, 6.07) is 18.6. The van der Waals surface area contributed by atoms with Crippen molar-refractivity contribution in [2.45, 2.75) is 32.7 Å². The highest BCUT2D eigenvalue weighted by Gasteiger charge is 2.22. The van der Waals surface area contributed by atoms with Crippen LogP contribution in [0.1, 0.15) is 32.0 Å². The molecule has 4 N–H and O–H groups in total. The number of hydrogen-bond donors (Lipinski definition) is 3. The summed E-state index contributed by atoms with van der Waals surface area (Å²) in [6.45, 7) is 6.60. The molecular weight excluding hydrogens is 457 g/mol. The molecule has 170 valence electrons. The second-order valence-corrected chi connectivity index (χ2v) is 9.57. The first-order valence-corrected chi connectivity index (χ1v) is 11.3. The fourth-order valence-corrected chi connectivity index (χ4v) is 3.92. The Morgan fingerprint density at radius 3 is 2.52 bits per heavy atom. The lowest BCUT2D eigenvalue weighted by Crippen LogP contribution is -2.21. The molecule has 0 saturated carbocycles. The first kappa shape index (κ1) is 23.1. The van der Waals surface area contributed by atoms with Crippen LogP contribution in [0, 0.1) is 0 Å². The molecule has 0 aliphatic carbocycles. The van der Waals surface area contributed by atoms with Crippen LogP contribution in [-0.4, -0.2) is 15.8 Å². The summed E-state index contributed by atoms with van der Waals surface area (Å²) in [5.74, 6) is 0.522. The van der Waals surface area contributed by atoms with Gasteiger partial charge in [0.25, 0.3) is 0 Å². The number of anilines is 2. The lowest BCUT2D eigenvalue weighted by atomic mass is 9.92. The molecule has 2 amide bonds. The van der Waals surface area contributed by atoms with Crippen LogP contribution >= 0.6 is 23.2 Å². The van der Waals surface area contributed by atoms with Gasteiger partial charge in [-0.2, -0.15) is 5.10 Å². The number of urea groups is 1. The number of nitrogens with zero attached hydrogens (tertiary/aromatic N) is 2. The normalized spacial score (nSPS) is 11.6. The van der Waals surface area contributed by atoms with Gasteiger partial charge in [-0.25, -0.2) is 9.48 Å². The summed E-state index contributed by atoms with van der Waals surface area (Å²) in [7, 11) is 0. The highest BCUT2D eigenvalue weighted by Crippen LogP contribution is 2.31. The molecule has 4 rings (SSSR count). The third-order valence-electron chi connectivity index (χ3n) is 5.32. The Morgan fingerprint density at radius 2 is 1.79 bits per heavy atom. The molecule has 8 heteroatoms. The minimum absolute atomic E-state index is 0.220. The molecule has 1 heterocycles. The van der Waals surface area contributed by atoms with E-state index in [9.17, 15) is 4.79 Å². The molecule has 1 aromatic heterocycles. The van der Waals surface area contributed by atoms with Gasteiger partial charge in [0, 0.05) is 18.0 Å². The molecule has 6 nitrogen and oxygen atoms in total. The average molecular weight is 482 g/mol. The van der Waals surface area contributed by atoms with Crippen LogP contribution in [0.5, 0.6) is 0 Å². The van der Waals surface area contributed by atoms with E-state index in [1.54, 1.807) is 22.9 Å². The van der Waals surface area contributed by atoms with Crippen molar-refractivity contribution in [3.05, 3.63) is 82.0 Å². The van der Waals surface area contributed by atoms with Gasteiger partial charge >= 0.3 is 6.03 Å². The standard InChI is InChI=1S/C25H25Cl2N5O/c1-25(2,3)21-13-22(30-24(33)29-20-10-6-9-19(26)23(20)27)32(31-21)17-11-15-7-4-5-8-18(15)16(12-17)14-28/h4-13H,14,28H2,1-3H3,(H2,29,30,33). The number of hydrogen-bond acceptors (Lipinski definition) is 3. The Balaban J connectivity index is 1.75. The van der Waals surface area contributed by atoms with Crippen LogP contribution in [0.3, 0.4) is 0 Å². The van der Waals surface area contributed by atoms with E-state index in [0.29, 0.717) is 23.1 Å². The van der Waals surface area contributed by atoms with Crippen LogP contribution in [0.15, 0.2) is 60.7 Å². The van der Waals surface area contributed by atoms with E-state index in [-0.39, 0.29) is 10.4 Å². The summed E-state index contributed by atoms with van der Waals surface area (Å²) in [4.78, 5) is 12.8. The highest BCUT2D eigenvalue weighted by molar-refractivity contribution is 6.44. The number of nitrogens with one attached hydrogen (secondary N) is 2. The molecule has 0 saturated heterocycles. The number of amides is 2. The van der Waals surface area contributed by atoms with Crippen LogP contribution in [0.2, 0.25) is 10.0 Å². The summed E-state index contributed by atoms with van der Waals surface area (Å²) >= 11 is 12.3. The minimum Gasteiger partial charge on any atom is -0.326 e. The molecule has 0 spiro atoms. The van der Waals surface area contributed by atoms with Crippen molar-refractivity contribution in [2.24, 2.45) is 5.73 Å². The van der Waals surface area contributed by atoms with E-state index >= 15 is 0 Å². The van der Waals surface area contributed by atoms with Crippen LogP contribution in [-0.2, 0) is 12.0 Å². The van der Waals surface area contributed by atoms with Gasteiger partial charge in [0.2, 0.25) is 0 Å². The lowest BCUT2D eigenvalue weighted by Gasteiger charge is -2.14. The van der Waals surface area contributed by atoms with E-state index in [2.05, 4.69) is 31.4 Å². The first-order valence-electron chi connectivity index (χ1n) is 10.5. The van der Waals surface area contributed by atoms with Gasteiger partial charge in [-0.3, -0.25) is 5.32 Å². The van der Waals surface area contributed by atoms with E-state index in [1.165, 1.54) is 0 Å². The number of fused-ring (bicyclic) bond motifs is 1. The van der Waals surface area contributed by atoms with E-state index < -0.39 is 6.03 Å². The monoisotopic (exact) mass is 481 g/mol. The fourth-order valence-electron chi connectivity index (χ4n) is 3.57. The molecule has 0 radical (unpaired) electrons. The SMILES string of the molecule is CC(C)(C)c1cc(NC(=O)Nc2cccc(Cl)c2Cl)n(-c2cc(CN)c3ccccc3c2)n1. The van der Waals surface area contributed by atoms with Gasteiger partial charge in [-0.15, -0.1) is 0 Å². The zero-order valence-corrected chi connectivity index (χ0v) is 20.1. The van der Waals surface area contributed by atoms with E-state index in [0.717, 1.165) is 27.7 Å². The number of carbonyl (C=O) groups is 1. The smallest absolute Gasteiger partial charge is 0.324 e. The predicted molar refractivity (Wildman–Crippen MR) is 137 cm³/mol. The molecule has 0 aliphatic rings. The molecule has 4 aromatic rings. The summed E-state index contributed by atoms with van der Waals surface area (Å²) in [5.41, 5.74) is 8.87. The van der Waals surface area contributed by atoms with Crippen LogP contribution in [0.4, 0.5) is 16.3 Å². The van der Waals surface area contributed by atoms with Gasteiger partial charge in [0.05, 0.1) is 27.1 Å². The molecule has 3 aromatic carbocycles. The summed E-state index contributed by atoms with van der Waals surface area (Å²) in [6.07, 6.45) is 0. The van der Waals surface area contributed by atoms with Crippen molar-refractivity contribution in [3.63, 3.8) is 0 Å². The maximum Gasteiger partial charge on any atom is 0.324 e. The van der Waals surface area contributed by atoms with Crippen molar-refractivity contribution in [1.82, 2.24) is 9.78 Å². The molecular formula is C25H25Cl2N5O. The Morgan fingerprint density at radius 1 is 1.03 bits per heavy atom. The van der Waals surface area contributed by atoms with Crippen molar-refractivity contribution in [2.75, 3.05) is 10.6 Å². The molecule has 0 bridgehead atoms. The third-order valence-corrected chi connectivity index (χ3v) is 6.13. The first-order chi connectivity index (χ1) is 15.7. The largest absolute Gasteiger partial charge is 0.326 e. The van der Waals surface area contributed by atoms with Crippen molar-refractivity contribution < 1.29 is 4.79 Å². The predicted octanol–water partition coefficient (Wildman–Crippen LogP) is 6.73. The second kappa shape index (κ2) is 9.06. The number of nitrogens with two attached hydrogens (primary N) is 1. The van der Waals surface area contributed by atoms with E-state index in [4.69, 9.17) is 34.0 Å². The topological polar surface area (TPSA) is 85.0 Å². The number of aromatic nitrogens is 2. The average Bonchev–Trinajstić information content (AvgIpc) is 3.20. The molecule has 33 heavy (non-hydrogen) atoms. The number of halogens is 2. The third kappa shape index (κ3) is 4.83. The highest BCUT2D eigenvalue weighted by atomic mass is 35.5. The van der Waals surface area contributed by atoms with Gasteiger partial charge in [-0.1, -0.05) is 74.3 Å². The molecule has 0 unspecified atom stereocenters. The quantitative estimate of drug-likeness (QED) is 0.301. The van der Waals surface area contributed by atoms with Crippen LogP contribution < -0.4 is 16.4 Å². The zero-order chi connectivity index (χ0) is 23.8. The van der Waals surface area contributed by atoms with Crippen molar-refractivity contribution in [3.8, 4) is 5.69 Å². The van der Waals surface area contributed by atoms with Gasteiger partial charge in [0.1, 0.15) is 5.82 Å². The molecule has 0 aliphatic heterocycles. The second-order valence-electron chi connectivity index (χ2n) is 8.79. The number of rotatable bonds is 4. The molecule has 0 atom stereocenters. The van der Waals surface area contributed by atoms with Crippen molar-refractivity contribution in [1.29, 1.82) is 0 Å². The van der Waals surface area contributed by atoms with Gasteiger partial charge in [-0.05, 0) is 40.6 Å². The minimum atomic E-state index is -0.458. The van der Waals surface area contributed by atoms with Crippen molar-refractivity contribution >= 4 is 51.5 Å². The number of benzene rings is 3. The Hall–Kier alpha value is -3.06. The Bertz CT molecular complexity index is 1340. The van der Waals surface area contributed by atoms with Gasteiger partial charge < -0.3 is 11.1 Å². The van der Waals surface area contributed by atoms with Gasteiger partial charge in [0.15, 0.2) is 0 Å².